The van der Waals surface area contributed by atoms with Crippen molar-refractivity contribution < 1.29 is 0 Å². The maximum atomic E-state index is 3.33. The Labute approximate surface area is 80.7 Å². The molecule has 72 valence electrons. The monoisotopic (exact) mass is 187 g/mol. The van der Waals surface area contributed by atoms with Crippen LogP contribution in [0, 0.1) is 5.41 Å². The van der Waals surface area contributed by atoms with Crippen molar-refractivity contribution in [2.24, 2.45) is 5.41 Å². The molecule has 0 aromatic rings. The first-order valence-corrected chi connectivity index (χ1v) is 6.21. The third-order valence-corrected chi connectivity index (χ3v) is 3.85. The van der Waals surface area contributed by atoms with E-state index in [9.17, 15) is 0 Å². The molecule has 0 aromatic heterocycles. The van der Waals surface area contributed by atoms with Crippen molar-refractivity contribution in [3.63, 3.8) is 0 Å². The molecule has 1 rings (SSSR count). The molecule has 0 spiro atoms. The summed E-state index contributed by atoms with van der Waals surface area (Å²) in [7, 11) is 2.08. The first kappa shape index (κ1) is 10.4. The highest BCUT2D eigenvalue weighted by atomic mass is 32.2. The third kappa shape index (κ3) is 2.67. The van der Waals surface area contributed by atoms with E-state index in [4.69, 9.17) is 0 Å². The zero-order chi connectivity index (χ0) is 8.86. The molecule has 0 heterocycles. The minimum absolute atomic E-state index is 0.691. The summed E-state index contributed by atoms with van der Waals surface area (Å²) in [6.07, 6.45) is 5.79. The summed E-state index contributed by atoms with van der Waals surface area (Å²) in [5.41, 5.74) is 0.691. The molecule has 0 unspecified atom stereocenters. The second-order valence-electron chi connectivity index (χ2n) is 3.83. The Kier molecular flexibility index (Phi) is 4.44. The molecule has 0 aliphatic heterocycles. The predicted octanol–water partition coefficient (Wildman–Crippen LogP) is 2.52. The summed E-state index contributed by atoms with van der Waals surface area (Å²) in [5, 5.41) is 3.33. The van der Waals surface area contributed by atoms with Crippen molar-refractivity contribution in [1.29, 1.82) is 0 Å². The predicted molar refractivity (Wildman–Crippen MR) is 57.8 cm³/mol. The maximum absolute atomic E-state index is 3.33. The zero-order valence-corrected chi connectivity index (χ0v) is 9.17. The van der Waals surface area contributed by atoms with Gasteiger partial charge >= 0.3 is 0 Å². The first-order valence-electron chi connectivity index (χ1n) is 5.05. The van der Waals surface area contributed by atoms with Gasteiger partial charge in [-0.05, 0) is 43.2 Å². The van der Waals surface area contributed by atoms with Crippen molar-refractivity contribution in [3.8, 4) is 0 Å². The average Bonchev–Trinajstić information content (AvgIpc) is 2.00. The minimum atomic E-state index is 0.691. The quantitative estimate of drug-likeness (QED) is 0.641. The van der Waals surface area contributed by atoms with Crippen molar-refractivity contribution in [1.82, 2.24) is 5.32 Å². The van der Waals surface area contributed by atoms with Gasteiger partial charge in [-0.15, -0.1) is 0 Å². The lowest BCUT2D eigenvalue weighted by molar-refractivity contribution is 0.129. The Hall–Kier alpha value is 0.310. The summed E-state index contributed by atoms with van der Waals surface area (Å²) in [6, 6.07) is 0. The Morgan fingerprint density at radius 3 is 2.58 bits per heavy atom. The Balaban J connectivity index is 2.15. The number of hydrogen-bond donors (Lipinski definition) is 1. The molecule has 0 amide bonds. The molecule has 0 bridgehead atoms. The van der Waals surface area contributed by atoms with Crippen molar-refractivity contribution in [2.75, 3.05) is 25.1 Å². The standard InChI is InChI=1S/C10H21NS/c1-3-12-8-7-10(9-11-2)5-4-6-10/h11H,3-9H2,1-2H3. The molecule has 1 N–H and O–H groups in total. The van der Waals surface area contributed by atoms with Crippen LogP contribution in [-0.2, 0) is 0 Å². The highest BCUT2D eigenvalue weighted by molar-refractivity contribution is 7.99. The number of rotatable bonds is 6. The van der Waals surface area contributed by atoms with Crippen LogP contribution in [0.25, 0.3) is 0 Å². The van der Waals surface area contributed by atoms with Crippen molar-refractivity contribution in [2.45, 2.75) is 32.6 Å². The Bertz CT molecular complexity index is 121. The summed E-state index contributed by atoms with van der Waals surface area (Å²) >= 11 is 2.08. The molecule has 1 aliphatic rings. The van der Waals surface area contributed by atoms with Crippen LogP contribution in [0.3, 0.4) is 0 Å². The van der Waals surface area contributed by atoms with Crippen LogP contribution in [0.15, 0.2) is 0 Å². The molecular weight excluding hydrogens is 166 g/mol. The smallest absolute Gasteiger partial charge is 0.000510 e. The van der Waals surface area contributed by atoms with Crippen LogP contribution in [0.4, 0.5) is 0 Å². The molecule has 0 aromatic carbocycles. The summed E-state index contributed by atoms with van der Waals surface area (Å²) in [4.78, 5) is 0. The van der Waals surface area contributed by atoms with Gasteiger partial charge in [0.1, 0.15) is 0 Å². The highest BCUT2D eigenvalue weighted by Crippen LogP contribution is 2.43. The van der Waals surface area contributed by atoms with E-state index in [0.29, 0.717) is 5.41 Å². The minimum Gasteiger partial charge on any atom is -0.319 e. The van der Waals surface area contributed by atoms with Gasteiger partial charge in [-0.3, -0.25) is 0 Å². The van der Waals surface area contributed by atoms with E-state index in [2.05, 4.69) is 31.1 Å². The van der Waals surface area contributed by atoms with Gasteiger partial charge in [0, 0.05) is 6.54 Å². The van der Waals surface area contributed by atoms with E-state index < -0.39 is 0 Å². The van der Waals surface area contributed by atoms with Crippen molar-refractivity contribution in [3.05, 3.63) is 0 Å². The van der Waals surface area contributed by atoms with Gasteiger partial charge in [0.15, 0.2) is 0 Å². The molecule has 0 atom stereocenters. The fraction of sp³-hybridized carbons (Fsp3) is 1.00. The van der Waals surface area contributed by atoms with Gasteiger partial charge in [0.25, 0.3) is 0 Å². The summed E-state index contributed by atoms with van der Waals surface area (Å²) < 4.78 is 0. The van der Waals surface area contributed by atoms with Gasteiger partial charge in [0.2, 0.25) is 0 Å². The third-order valence-electron chi connectivity index (χ3n) is 2.95. The molecular formula is C10H21NS. The Morgan fingerprint density at radius 2 is 2.17 bits per heavy atom. The Morgan fingerprint density at radius 1 is 1.42 bits per heavy atom. The van der Waals surface area contributed by atoms with E-state index in [1.54, 1.807) is 0 Å². The second-order valence-corrected chi connectivity index (χ2v) is 5.22. The van der Waals surface area contributed by atoms with E-state index in [1.165, 1.54) is 43.7 Å². The topological polar surface area (TPSA) is 12.0 Å². The van der Waals surface area contributed by atoms with Crippen LogP contribution in [0.1, 0.15) is 32.6 Å². The second kappa shape index (κ2) is 5.13. The fourth-order valence-corrected chi connectivity index (χ4v) is 2.87. The first-order chi connectivity index (χ1) is 5.83. The molecule has 1 aliphatic carbocycles. The van der Waals surface area contributed by atoms with Crippen LogP contribution >= 0.6 is 11.8 Å². The van der Waals surface area contributed by atoms with Gasteiger partial charge in [-0.25, -0.2) is 0 Å². The van der Waals surface area contributed by atoms with Crippen LogP contribution in [0.5, 0.6) is 0 Å². The molecule has 2 heteroatoms. The summed E-state index contributed by atoms with van der Waals surface area (Å²) in [5.74, 6) is 2.63. The van der Waals surface area contributed by atoms with Crippen LogP contribution < -0.4 is 5.32 Å². The van der Waals surface area contributed by atoms with Crippen molar-refractivity contribution >= 4 is 11.8 Å². The van der Waals surface area contributed by atoms with E-state index in [-0.39, 0.29) is 0 Å². The zero-order valence-electron chi connectivity index (χ0n) is 8.36. The lowest BCUT2D eigenvalue weighted by Gasteiger charge is -2.42. The number of nitrogens with one attached hydrogen (secondary N) is 1. The average molecular weight is 187 g/mol. The molecule has 0 saturated heterocycles. The molecule has 1 fully saturated rings. The maximum Gasteiger partial charge on any atom is 0.000510 e. The normalized spacial score (nSPS) is 20.5. The van der Waals surface area contributed by atoms with Crippen LogP contribution in [-0.4, -0.2) is 25.1 Å². The van der Waals surface area contributed by atoms with Gasteiger partial charge < -0.3 is 5.32 Å². The van der Waals surface area contributed by atoms with Gasteiger partial charge in [0.05, 0.1) is 0 Å². The number of hydrogen-bond acceptors (Lipinski definition) is 2. The number of thioether (sulfide) groups is 1. The molecule has 12 heavy (non-hydrogen) atoms. The fourth-order valence-electron chi connectivity index (χ4n) is 2.00. The SMILES string of the molecule is CCSCCC1(CNC)CCC1. The van der Waals surface area contributed by atoms with Gasteiger partial charge in [-0.2, -0.15) is 11.8 Å². The van der Waals surface area contributed by atoms with E-state index >= 15 is 0 Å². The lowest BCUT2D eigenvalue weighted by Crippen LogP contribution is -2.39. The molecule has 1 nitrogen and oxygen atoms in total. The molecule has 1 saturated carbocycles. The van der Waals surface area contributed by atoms with Crippen LogP contribution in [0.2, 0.25) is 0 Å². The largest absolute Gasteiger partial charge is 0.319 e. The molecule has 0 radical (unpaired) electrons. The lowest BCUT2D eigenvalue weighted by atomic mass is 9.67. The highest BCUT2D eigenvalue weighted by Gasteiger charge is 2.35. The van der Waals surface area contributed by atoms with Gasteiger partial charge in [-0.1, -0.05) is 13.3 Å². The summed E-state index contributed by atoms with van der Waals surface area (Å²) in [6.45, 7) is 3.48. The van der Waals surface area contributed by atoms with E-state index in [0.717, 1.165) is 0 Å². The van der Waals surface area contributed by atoms with E-state index in [1.807, 2.05) is 0 Å².